The van der Waals surface area contributed by atoms with Crippen molar-refractivity contribution in [3.8, 4) is 0 Å². The number of anilines is 2. The number of aryl methyl sites for hydroxylation is 1. The lowest BCUT2D eigenvalue weighted by Crippen LogP contribution is -2.20. The smallest absolute Gasteiger partial charge is 0.257 e. The summed E-state index contributed by atoms with van der Waals surface area (Å²) in [7, 11) is 3.41. The average molecular weight is 266 g/mol. The van der Waals surface area contributed by atoms with Crippen LogP contribution in [0.25, 0.3) is 0 Å². The zero-order chi connectivity index (χ0) is 13.1. The molecule has 1 amide bonds. The average Bonchev–Trinajstić information content (AvgIpc) is 2.92. The Labute approximate surface area is 108 Å². The number of nitrogens with zero attached hydrogens (tertiary/aromatic N) is 3. The van der Waals surface area contributed by atoms with Crippen LogP contribution >= 0.6 is 11.5 Å². The lowest BCUT2D eigenvalue weighted by Gasteiger charge is -2.04. The first kappa shape index (κ1) is 12.4. The summed E-state index contributed by atoms with van der Waals surface area (Å²) >= 11 is 1.17. The Morgan fingerprint density at radius 3 is 3.00 bits per heavy atom. The van der Waals surface area contributed by atoms with Crippen molar-refractivity contribution >= 4 is 28.3 Å². The Balaban J connectivity index is 2.12. The summed E-state index contributed by atoms with van der Waals surface area (Å²) in [4.78, 5) is 11.7. The van der Waals surface area contributed by atoms with E-state index in [0.29, 0.717) is 17.1 Å². The molecule has 0 bridgehead atoms. The minimum absolute atomic E-state index is 0.241. The second-order valence-electron chi connectivity index (χ2n) is 3.73. The third-order valence-corrected chi connectivity index (χ3v) is 3.20. The molecule has 4 N–H and O–H groups in total. The molecule has 2 aromatic rings. The molecule has 2 aromatic heterocycles. The molecule has 2 rings (SSSR count). The van der Waals surface area contributed by atoms with Crippen LogP contribution in [0.3, 0.4) is 0 Å². The highest BCUT2D eigenvalue weighted by molar-refractivity contribution is 7.11. The topological polar surface area (TPSA) is 97.9 Å². The standard InChI is InChI=1S/C10H14N6OS/c1-12-9(17)7-8(11)15-18-10(7)13-3-6-4-14-16(2)5-6/h4-5,13H,3H2,1-2H3,(H2,11,15)(H,12,17). The van der Waals surface area contributed by atoms with Crippen molar-refractivity contribution < 1.29 is 4.79 Å². The van der Waals surface area contributed by atoms with Crippen LogP contribution in [0.1, 0.15) is 15.9 Å². The largest absolute Gasteiger partial charge is 0.382 e. The number of amides is 1. The van der Waals surface area contributed by atoms with Crippen LogP contribution in [0.4, 0.5) is 10.8 Å². The molecule has 0 unspecified atom stereocenters. The van der Waals surface area contributed by atoms with Crippen molar-refractivity contribution in [2.45, 2.75) is 6.54 Å². The monoisotopic (exact) mass is 266 g/mol. The van der Waals surface area contributed by atoms with E-state index in [4.69, 9.17) is 5.73 Å². The van der Waals surface area contributed by atoms with Gasteiger partial charge in [0.25, 0.3) is 5.91 Å². The van der Waals surface area contributed by atoms with Crippen LogP contribution in [-0.4, -0.2) is 27.1 Å². The van der Waals surface area contributed by atoms with Crippen molar-refractivity contribution in [3.63, 3.8) is 0 Å². The van der Waals surface area contributed by atoms with E-state index in [2.05, 4.69) is 20.1 Å². The van der Waals surface area contributed by atoms with Gasteiger partial charge in [0.1, 0.15) is 10.6 Å². The van der Waals surface area contributed by atoms with Gasteiger partial charge < -0.3 is 16.4 Å². The minimum Gasteiger partial charge on any atom is -0.382 e. The normalized spacial score (nSPS) is 10.3. The molecule has 2 heterocycles. The van der Waals surface area contributed by atoms with Gasteiger partial charge in [0, 0.05) is 32.4 Å². The molecule has 8 heteroatoms. The maximum Gasteiger partial charge on any atom is 0.257 e. The minimum atomic E-state index is -0.241. The van der Waals surface area contributed by atoms with Gasteiger partial charge in [-0.15, -0.1) is 0 Å². The third kappa shape index (κ3) is 2.43. The molecule has 96 valence electrons. The van der Waals surface area contributed by atoms with Gasteiger partial charge in [0.2, 0.25) is 0 Å². The maximum atomic E-state index is 11.7. The van der Waals surface area contributed by atoms with Gasteiger partial charge >= 0.3 is 0 Å². The molecular weight excluding hydrogens is 252 g/mol. The highest BCUT2D eigenvalue weighted by Gasteiger charge is 2.17. The number of nitrogens with two attached hydrogens (primary N) is 1. The first-order chi connectivity index (χ1) is 8.61. The molecule has 0 aliphatic carbocycles. The maximum absolute atomic E-state index is 11.7. The highest BCUT2D eigenvalue weighted by Crippen LogP contribution is 2.26. The van der Waals surface area contributed by atoms with E-state index in [1.807, 2.05) is 13.2 Å². The lowest BCUT2D eigenvalue weighted by atomic mass is 10.3. The zero-order valence-corrected chi connectivity index (χ0v) is 10.9. The zero-order valence-electron chi connectivity index (χ0n) is 10.1. The molecule has 0 saturated carbocycles. The fourth-order valence-electron chi connectivity index (χ4n) is 1.51. The summed E-state index contributed by atoms with van der Waals surface area (Å²) in [5.74, 6) is 0.00275. The molecule has 0 aromatic carbocycles. The fourth-order valence-corrected chi connectivity index (χ4v) is 2.22. The summed E-state index contributed by atoms with van der Waals surface area (Å²) in [6, 6.07) is 0. The van der Waals surface area contributed by atoms with Crippen LogP contribution in [0.5, 0.6) is 0 Å². The third-order valence-electron chi connectivity index (χ3n) is 2.38. The second-order valence-corrected chi connectivity index (χ2v) is 4.50. The first-order valence-corrected chi connectivity index (χ1v) is 6.07. The van der Waals surface area contributed by atoms with Gasteiger partial charge in [-0.1, -0.05) is 0 Å². The van der Waals surface area contributed by atoms with E-state index < -0.39 is 0 Å². The van der Waals surface area contributed by atoms with Crippen molar-refractivity contribution in [2.24, 2.45) is 7.05 Å². The van der Waals surface area contributed by atoms with Crippen LogP contribution < -0.4 is 16.4 Å². The van der Waals surface area contributed by atoms with Crippen molar-refractivity contribution in [1.29, 1.82) is 0 Å². The first-order valence-electron chi connectivity index (χ1n) is 5.30. The van der Waals surface area contributed by atoms with Crippen molar-refractivity contribution in [2.75, 3.05) is 18.1 Å². The molecule has 7 nitrogen and oxygen atoms in total. The van der Waals surface area contributed by atoms with E-state index in [-0.39, 0.29) is 11.7 Å². The molecule has 0 atom stereocenters. The number of carbonyl (C=O) groups excluding carboxylic acids is 1. The van der Waals surface area contributed by atoms with Crippen LogP contribution in [0.15, 0.2) is 12.4 Å². The second kappa shape index (κ2) is 5.05. The molecule has 0 spiro atoms. The van der Waals surface area contributed by atoms with Crippen molar-refractivity contribution in [3.05, 3.63) is 23.5 Å². The summed E-state index contributed by atoms with van der Waals surface area (Å²) < 4.78 is 5.70. The Kier molecular flexibility index (Phi) is 3.47. The Bertz CT molecular complexity index is 560. The van der Waals surface area contributed by atoms with Gasteiger partial charge in [-0.3, -0.25) is 9.48 Å². The van der Waals surface area contributed by atoms with Gasteiger partial charge in [0.15, 0.2) is 5.82 Å². The highest BCUT2D eigenvalue weighted by atomic mass is 32.1. The van der Waals surface area contributed by atoms with Crippen LogP contribution in [0.2, 0.25) is 0 Å². The van der Waals surface area contributed by atoms with E-state index in [1.54, 1.807) is 17.9 Å². The molecular formula is C10H14N6OS. The van der Waals surface area contributed by atoms with Crippen molar-refractivity contribution in [1.82, 2.24) is 19.5 Å². The van der Waals surface area contributed by atoms with E-state index in [9.17, 15) is 4.79 Å². The van der Waals surface area contributed by atoms with E-state index >= 15 is 0 Å². The predicted molar refractivity (Wildman–Crippen MR) is 70.5 cm³/mol. The summed E-state index contributed by atoms with van der Waals surface area (Å²) in [5, 5.41) is 10.4. The molecule has 0 fully saturated rings. The quantitative estimate of drug-likeness (QED) is 0.745. The Hall–Kier alpha value is -2.09. The number of hydrogen-bond acceptors (Lipinski definition) is 6. The van der Waals surface area contributed by atoms with E-state index in [0.717, 1.165) is 5.56 Å². The fraction of sp³-hybridized carbons (Fsp3) is 0.300. The van der Waals surface area contributed by atoms with Gasteiger partial charge in [-0.25, -0.2) is 0 Å². The number of nitrogens with one attached hydrogen (secondary N) is 2. The molecule has 0 aliphatic rings. The molecule has 0 radical (unpaired) electrons. The number of rotatable bonds is 4. The van der Waals surface area contributed by atoms with Crippen LogP contribution in [0, 0.1) is 0 Å². The summed E-state index contributed by atoms with van der Waals surface area (Å²) in [6.07, 6.45) is 3.66. The van der Waals surface area contributed by atoms with Gasteiger partial charge in [0.05, 0.1) is 6.20 Å². The summed E-state index contributed by atoms with van der Waals surface area (Å²) in [6.45, 7) is 0.569. The number of nitrogen functional groups attached to an aromatic ring is 1. The Morgan fingerprint density at radius 2 is 2.39 bits per heavy atom. The summed E-state index contributed by atoms with van der Waals surface area (Å²) in [5.41, 5.74) is 7.09. The SMILES string of the molecule is CNC(=O)c1c(N)nsc1NCc1cnn(C)c1. The number of carbonyl (C=O) groups is 1. The molecule has 0 saturated heterocycles. The Morgan fingerprint density at radius 1 is 1.61 bits per heavy atom. The number of hydrogen-bond donors (Lipinski definition) is 3. The molecule has 18 heavy (non-hydrogen) atoms. The van der Waals surface area contributed by atoms with E-state index in [1.165, 1.54) is 11.5 Å². The predicted octanol–water partition coefficient (Wildman–Crippen LogP) is 0.430. The van der Waals surface area contributed by atoms with Crippen LogP contribution in [-0.2, 0) is 13.6 Å². The number of aromatic nitrogens is 3. The lowest BCUT2D eigenvalue weighted by molar-refractivity contribution is 0.0965. The van der Waals surface area contributed by atoms with Gasteiger partial charge in [-0.2, -0.15) is 9.47 Å². The van der Waals surface area contributed by atoms with Gasteiger partial charge in [-0.05, 0) is 11.5 Å². The molecule has 0 aliphatic heterocycles.